The molecule has 1 rings (SSSR count). The highest BCUT2D eigenvalue weighted by Crippen LogP contribution is 2.34. The number of halogens is 3. The summed E-state index contributed by atoms with van der Waals surface area (Å²) in [6.07, 6.45) is -4.28. The zero-order valence-corrected chi connectivity index (χ0v) is 10.3. The Labute approximate surface area is 100 Å². The molecule has 96 valence electrons. The van der Waals surface area contributed by atoms with Crippen molar-refractivity contribution in [2.45, 2.75) is 38.9 Å². The minimum atomic E-state index is -4.28. The second kappa shape index (κ2) is 5.54. The first-order valence-electron chi connectivity index (χ1n) is 5.72. The van der Waals surface area contributed by atoms with Gasteiger partial charge >= 0.3 is 6.18 Å². The summed E-state index contributed by atoms with van der Waals surface area (Å²) >= 11 is 0. The van der Waals surface area contributed by atoms with E-state index in [0.717, 1.165) is 6.07 Å². The van der Waals surface area contributed by atoms with Crippen molar-refractivity contribution in [3.05, 3.63) is 35.4 Å². The molecule has 1 aromatic rings. The molecular formula is C13H18F3N. The van der Waals surface area contributed by atoms with E-state index in [2.05, 4.69) is 5.32 Å². The molecule has 0 spiro atoms. The van der Waals surface area contributed by atoms with Crippen molar-refractivity contribution < 1.29 is 13.2 Å². The van der Waals surface area contributed by atoms with Crippen molar-refractivity contribution in [1.82, 2.24) is 5.32 Å². The van der Waals surface area contributed by atoms with Gasteiger partial charge in [0.05, 0.1) is 5.56 Å². The fourth-order valence-electron chi connectivity index (χ4n) is 1.71. The molecule has 0 bridgehead atoms. The Hall–Kier alpha value is -1.03. The summed E-state index contributed by atoms with van der Waals surface area (Å²) in [5.74, 6) is -0.157. The van der Waals surface area contributed by atoms with E-state index in [0.29, 0.717) is 12.1 Å². The Balaban J connectivity index is 2.89. The number of alkyl halides is 3. The fourth-order valence-corrected chi connectivity index (χ4v) is 1.71. The molecule has 0 fully saturated rings. The second-order valence-corrected chi connectivity index (χ2v) is 4.55. The van der Waals surface area contributed by atoms with E-state index in [1.165, 1.54) is 6.07 Å². The molecule has 0 heterocycles. The predicted octanol–water partition coefficient (Wildman–Crippen LogP) is 3.81. The average Bonchev–Trinajstić information content (AvgIpc) is 2.24. The molecule has 0 saturated carbocycles. The van der Waals surface area contributed by atoms with Gasteiger partial charge < -0.3 is 5.32 Å². The van der Waals surface area contributed by atoms with Crippen molar-refractivity contribution in [3.63, 3.8) is 0 Å². The molecule has 0 amide bonds. The summed E-state index contributed by atoms with van der Waals surface area (Å²) in [6, 6.07) is 6.04. The summed E-state index contributed by atoms with van der Waals surface area (Å²) in [7, 11) is 0. The molecule has 0 aromatic heterocycles. The maximum absolute atomic E-state index is 12.8. The van der Waals surface area contributed by atoms with Gasteiger partial charge in [-0.2, -0.15) is 13.2 Å². The van der Waals surface area contributed by atoms with Crippen LogP contribution >= 0.6 is 0 Å². The van der Waals surface area contributed by atoms with Crippen LogP contribution in [0.15, 0.2) is 24.3 Å². The smallest absolute Gasteiger partial charge is 0.314 e. The molecule has 4 heteroatoms. The monoisotopic (exact) mass is 245 g/mol. The largest absolute Gasteiger partial charge is 0.416 e. The highest BCUT2D eigenvalue weighted by molar-refractivity contribution is 5.32. The molecule has 0 radical (unpaired) electrons. The van der Waals surface area contributed by atoms with E-state index < -0.39 is 11.7 Å². The van der Waals surface area contributed by atoms with Crippen LogP contribution in [0.4, 0.5) is 13.2 Å². The van der Waals surface area contributed by atoms with Crippen LogP contribution in [0.25, 0.3) is 0 Å². The number of hydrogen-bond acceptors (Lipinski definition) is 1. The van der Waals surface area contributed by atoms with Gasteiger partial charge in [-0.25, -0.2) is 0 Å². The Morgan fingerprint density at radius 1 is 1.12 bits per heavy atom. The van der Waals surface area contributed by atoms with Gasteiger partial charge in [-0.15, -0.1) is 0 Å². The topological polar surface area (TPSA) is 12.0 Å². The van der Waals surface area contributed by atoms with E-state index in [1.807, 2.05) is 13.8 Å². The highest BCUT2D eigenvalue weighted by atomic mass is 19.4. The first kappa shape index (κ1) is 14.0. The van der Waals surface area contributed by atoms with Crippen LogP contribution in [0.1, 0.15) is 37.8 Å². The van der Waals surface area contributed by atoms with Crippen LogP contribution < -0.4 is 5.32 Å². The molecule has 17 heavy (non-hydrogen) atoms. The van der Waals surface area contributed by atoms with Crippen molar-refractivity contribution in [1.29, 1.82) is 0 Å². The van der Waals surface area contributed by atoms with E-state index in [1.54, 1.807) is 19.1 Å². The Bertz CT molecular complexity index is 358. The Morgan fingerprint density at radius 2 is 1.71 bits per heavy atom. The van der Waals surface area contributed by atoms with Gasteiger partial charge in [-0.1, -0.05) is 39.0 Å². The molecule has 0 aliphatic carbocycles. The van der Waals surface area contributed by atoms with Crippen LogP contribution in [-0.2, 0) is 6.18 Å². The molecule has 0 aliphatic heterocycles. The molecular weight excluding hydrogens is 227 g/mol. The van der Waals surface area contributed by atoms with E-state index in [9.17, 15) is 13.2 Å². The van der Waals surface area contributed by atoms with Crippen LogP contribution in [-0.4, -0.2) is 12.6 Å². The van der Waals surface area contributed by atoms with Gasteiger partial charge in [0.15, 0.2) is 0 Å². The van der Waals surface area contributed by atoms with Gasteiger partial charge in [0.25, 0.3) is 0 Å². The maximum Gasteiger partial charge on any atom is 0.416 e. The van der Waals surface area contributed by atoms with Gasteiger partial charge in [0, 0.05) is 12.6 Å². The number of nitrogens with one attached hydrogen (secondary N) is 1. The Kier molecular flexibility index (Phi) is 4.57. The first-order chi connectivity index (χ1) is 7.82. The van der Waals surface area contributed by atoms with Crippen LogP contribution in [0.5, 0.6) is 0 Å². The minimum Gasteiger partial charge on any atom is -0.314 e. The van der Waals surface area contributed by atoms with Gasteiger partial charge in [-0.3, -0.25) is 0 Å². The quantitative estimate of drug-likeness (QED) is 0.850. The van der Waals surface area contributed by atoms with Crippen molar-refractivity contribution >= 4 is 0 Å². The summed E-state index contributed by atoms with van der Waals surface area (Å²) in [6.45, 7) is 6.30. The van der Waals surface area contributed by atoms with Crippen LogP contribution in [0, 0.1) is 0 Å². The molecule has 1 unspecified atom stereocenters. The third kappa shape index (κ3) is 4.04. The lowest BCUT2D eigenvalue weighted by molar-refractivity contribution is -0.138. The second-order valence-electron chi connectivity index (χ2n) is 4.55. The lowest BCUT2D eigenvalue weighted by Crippen LogP contribution is -2.27. The first-order valence-corrected chi connectivity index (χ1v) is 5.72. The highest BCUT2D eigenvalue weighted by Gasteiger charge is 2.33. The molecule has 1 N–H and O–H groups in total. The lowest BCUT2D eigenvalue weighted by Gasteiger charge is -2.19. The fraction of sp³-hybridized carbons (Fsp3) is 0.538. The predicted molar refractivity (Wildman–Crippen MR) is 63.0 cm³/mol. The van der Waals surface area contributed by atoms with E-state index in [4.69, 9.17) is 0 Å². The minimum absolute atomic E-state index is 0.157. The summed E-state index contributed by atoms with van der Waals surface area (Å²) < 4.78 is 38.4. The number of rotatable bonds is 4. The summed E-state index contributed by atoms with van der Waals surface area (Å²) in [4.78, 5) is 0. The van der Waals surface area contributed by atoms with Crippen LogP contribution in [0.2, 0.25) is 0 Å². The van der Waals surface area contributed by atoms with E-state index in [-0.39, 0.29) is 12.0 Å². The zero-order valence-electron chi connectivity index (χ0n) is 10.3. The molecule has 1 nitrogen and oxygen atoms in total. The van der Waals surface area contributed by atoms with E-state index >= 15 is 0 Å². The summed E-state index contributed by atoms with van der Waals surface area (Å²) in [5.41, 5.74) is -0.175. The molecule has 0 aliphatic rings. The Morgan fingerprint density at radius 3 is 2.24 bits per heavy atom. The SMILES string of the molecule is CC(C)NCC(C)c1ccccc1C(F)(F)F. The van der Waals surface area contributed by atoms with Crippen molar-refractivity contribution in [2.75, 3.05) is 6.54 Å². The van der Waals surface area contributed by atoms with Crippen molar-refractivity contribution in [2.24, 2.45) is 0 Å². The third-order valence-corrected chi connectivity index (χ3v) is 2.63. The zero-order chi connectivity index (χ0) is 13.1. The number of benzene rings is 1. The third-order valence-electron chi connectivity index (χ3n) is 2.63. The lowest BCUT2D eigenvalue weighted by atomic mass is 9.95. The van der Waals surface area contributed by atoms with Gasteiger partial charge in [-0.05, 0) is 17.5 Å². The van der Waals surface area contributed by atoms with Gasteiger partial charge in [0.1, 0.15) is 0 Å². The summed E-state index contributed by atoms with van der Waals surface area (Å²) in [5, 5.41) is 3.16. The standard InChI is InChI=1S/C13H18F3N/c1-9(2)17-8-10(3)11-6-4-5-7-12(11)13(14,15)16/h4-7,9-10,17H,8H2,1-3H3. The van der Waals surface area contributed by atoms with Gasteiger partial charge in [0.2, 0.25) is 0 Å². The molecule has 1 aromatic carbocycles. The average molecular weight is 245 g/mol. The normalized spacial score (nSPS) is 14.1. The number of hydrogen-bond donors (Lipinski definition) is 1. The molecule has 1 atom stereocenters. The molecule has 0 saturated heterocycles. The maximum atomic E-state index is 12.8. The van der Waals surface area contributed by atoms with Crippen LogP contribution in [0.3, 0.4) is 0 Å². The van der Waals surface area contributed by atoms with Crippen molar-refractivity contribution in [3.8, 4) is 0 Å².